The van der Waals surface area contributed by atoms with Crippen LogP contribution in [0.2, 0.25) is 0 Å². The lowest BCUT2D eigenvalue weighted by Crippen LogP contribution is -2.16. The first-order chi connectivity index (χ1) is 15.1. The second kappa shape index (κ2) is 9.80. The lowest BCUT2D eigenvalue weighted by Gasteiger charge is -2.13. The van der Waals surface area contributed by atoms with Gasteiger partial charge in [0.05, 0.1) is 29.6 Å². The molecular formula is C21H23F2N3O5S. The van der Waals surface area contributed by atoms with Crippen molar-refractivity contribution in [2.24, 2.45) is 5.92 Å². The average Bonchev–Trinajstić information content (AvgIpc) is 3.08. The Morgan fingerprint density at radius 1 is 1.19 bits per heavy atom. The van der Waals surface area contributed by atoms with Gasteiger partial charge in [-0.3, -0.25) is 9.78 Å². The highest BCUT2D eigenvalue weighted by Crippen LogP contribution is 2.34. The number of aliphatic hydroxyl groups is 2. The third-order valence-corrected chi connectivity index (χ3v) is 6.24. The third-order valence-electron chi connectivity index (χ3n) is 5.12. The van der Waals surface area contributed by atoms with E-state index in [9.17, 15) is 27.1 Å². The van der Waals surface area contributed by atoms with Crippen molar-refractivity contribution in [1.29, 1.82) is 0 Å². The monoisotopic (exact) mass is 467 g/mol. The van der Waals surface area contributed by atoms with Crippen LogP contribution >= 0.6 is 0 Å². The number of benzene rings is 1. The number of amides is 1. The maximum atomic E-state index is 13.7. The normalized spacial score (nSPS) is 22.5. The van der Waals surface area contributed by atoms with Crippen LogP contribution in [-0.4, -0.2) is 59.7 Å². The highest BCUT2D eigenvalue weighted by atomic mass is 32.2. The van der Waals surface area contributed by atoms with Crippen LogP contribution in [0, 0.1) is 5.92 Å². The van der Waals surface area contributed by atoms with Crippen molar-refractivity contribution in [2.45, 2.75) is 36.2 Å². The van der Waals surface area contributed by atoms with Gasteiger partial charge in [-0.05, 0) is 36.5 Å². The highest BCUT2D eigenvalue weighted by Gasteiger charge is 2.34. The number of aromatic nitrogens is 2. The van der Waals surface area contributed by atoms with Gasteiger partial charge in [0.1, 0.15) is 18.4 Å². The van der Waals surface area contributed by atoms with Gasteiger partial charge in [-0.15, -0.1) is 0 Å². The van der Waals surface area contributed by atoms with Gasteiger partial charge < -0.3 is 15.5 Å². The third kappa shape index (κ3) is 5.72. The molecule has 1 aliphatic rings. The maximum absolute atomic E-state index is 13.7. The number of halogens is 2. The summed E-state index contributed by atoms with van der Waals surface area (Å²) in [5.41, 5.74) is 0.595. The predicted octanol–water partition coefficient (Wildman–Crippen LogP) is 2.01. The standard InChI is InChI=1S/C21H23F2N3O5S/c1-32(30,31)14-4-2-13(3-5-14)15(6-12-7-16(22)17(23)8-12)21(29)26-20-10-24-18(9-25-20)19(28)11-27/h2-6,9-10,12,16-17,19,27-28H,7-8,11H2,1H3,(H,25,26,29)/b15-6+/t12-,16+,17-,19?. The van der Waals surface area contributed by atoms with E-state index in [2.05, 4.69) is 15.3 Å². The van der Waals surface area contributed by atoms with Crippen LogP contribution in [0.1, 0.15) is 30.2 Å². The van der Waals surface area contributed by atoms with Gasteiger partial charge in [-0.1, -0.05) is 18.2 Å². The first kappa shape index (κ1) is 23.9. The van der Waals surface area contributed by atoms with E-state index in [0.717, 1.165) is 6.26 Å². The van der Waals surface area contributed by atoms with Gasteiger partial charge in [0.15, 0.2) is 15.7 Å². The molecule has 172 valence electrons. The Kier molecular flexibility index (Phi) is 7.32. The molecule has 0 radical (unpaired) electrons. The lowest BCUT2D eigenvalue weighted by atomic mass is 9.98. The van der Waals surface area contributed by atoms with Gasteiger partial charge in [-0.25, -0.2) is 22.2 Å². The summed E-state index contributed by atoms with van der Waals surface area (Å²) in [6.45, 7) is -0.538. The summed E-state index contributed by atoms with van der Waals surface area (Å²) in [4.78, 5) is 20.9. The fourth-order valence-corrected chi connectivity index (χ4v) is 4.01. The zero-order valence-corrected chi connectivity index (χ0v) is 18.0. The zero-order chi connectivity index (χ0) is 23.5. The molecule has 0 saturated heterocycles. The van der Waals surface area contributed by atoms with Crippen molar-refractivity contribution in [3.63, 3.8) is 0 Å². The Labute approximate surface area is 184 Å². The first-order valence-corrected chi connectivity index (χ1v) is 11.7. The molecule has 0 aliphatic heterocycles. The van der Waals surface area contributed by atoms with Crippen LogP contribution in [0.3, 0.4) is 0 Å². The number of rotatable bonds is 7. The second-order valence-electron chi connectivity index (χ2n) is 7.62. The number of alkyl halides is 2. The SMILES string of the molecule is CS(=O)(=O)c1ccc(/C(=C\[C@H]2C[C@@H](F)[C@@H](F)C2)C(=O)Nc2cnc(C(O)CO)cn2)cc1. The second-order valence-corrected chi connectivity index (χ2v) is 9.64. The number of carbonyl (C=O) groups is 1. The molecule has 1 aliphatic carbocycles. The summed E-state index contributed by atoms with van der Waals surface area (Å²) in [6, 6.07) is 5.59. The molecule has 32 heavy (non-hydrogen) atoms. The lowest BCUT2D eigenvalue weighted by molar-refractivity contribution is -0.111. The molecular weight excluding hydrogens is 444 g/mol. The van der Waals surface area contributed by atoms with E-state index in [1.54, 1.807) is 0 Å². The van der Waals surface area contributed by atoms with Crippen molar-refractivity contribution in [2.75, 3.05) is 18.2 Å². The number of aliphatic hydroxyl groups excluding tert-OH is 2. The quantitative estimate of drug-likeness (QED) is 0.531. The molecule has 3 N–H and O–H groups in total. The molecule has 4 atom stereocenters. The van der Waals surface area contributed by atoms with Crippen molar-refractivity contribution < 1.29 is 32.2 Å². The minimum Gasteiger partial charge on any atom is -0.393 e. The first-order valence-electron chi connectivity index (χ1n) is 9.81. The van der Waals surface area contributed by atoms with E-state index in [1.807, 2.05) is 0 Å². The minimum atomic E-state index is -3.44. The number of hydrogen-bond donors (Lipinski definition) is 3. The van der Waals surface area contributed by atoms with E-state index in [-0.39, 0.29) is 34.8 Å². The fourth-order valence-electron chi connectivity index (χ4n) is 3.38. The molecule has 11 heteroatoms. The molecule has 2 aromatic rings. The Morgan fingerprint density at radius 2 is 1.81 bits per heavy atom. The van der Waals surface area contributed by atoms with Gasteiger partial charge in [0.2, 0.25) is 0 Å². The molecule has 1 amide bonds. The summed E-state index contributed by atoms with van der Waals surface area (Å²) in [7, 11) is -3.44. The number of allylic oxidation sites excluding steroid dienone is 1. The number of nitrogens with one attached hydrogen (secondary N) is 1. The molecule has 3 rings (SSSR count). The van der Waals surface area contributed by atoms with Crippen LogP contribution in [0.15, 0.2) is 47.6 Å². The van der Waals surface area contributed by atoms with Crippen molar-refractivity contribution >= 4 is 27.1 Å². The number of anilines is 1. The van der Waals surface area contributed by atoms with Gasteiger partial charge in [-0.2, -0.15) is 0 Å². The Balaban J connectivity index is 1.89. The van der Waals surface area contributed by atoms with E-state index >= 15 is 0 Å². The van der Waals surface area contributed by atoms with Crippen LogP contribution in [-0.2, 0) is 14.6 Å². The van der Waals surface area contributed by atoms with Crippen molar-refractivity contribution in [3.05, 3.63) is 54.0 Å². The van der Waals surface area contributed by atoms with Crippen LogP contribution in [0.4, 0.5) is 14.6 Å². The summed E-state index contributed by atoms with van der Waals surface area (Å²) in [5.74, 6) is -1.08. The van der Waals surface area contributed by atoms with E-state index in [4.69, 9.17) is 5.11 Å². The number of carbonyl (C=O) groups excluding carboxylic acids is 1. The predicted molar refractivity (Wildman–Crippen MR) is 113 cm³/mol. The number of hydrogen-bond acceptors (Lipinski definition) is 7. The van der Waals surface area contributed by atoms with E-state index < -0.39 is 46.7 Å². The number of nitrogens with zero attached hydrogens (tertiary/aromatic N) is 2. The Morgan fingerprint density at radius 3 is 2.31 bits per heavy atom. The van der Waals surface area contributed by atoms with Crippen molar-refractivity contribution in [1.82, 2.24) is 9.97 Å². The van der Waals surface area contributed by atoms with Gasteiger partial charge >= 0.3 is 0 Å². The Hall–Kier alpha value is -2.76. The summed E-state index contributed by atoms with van der Waals surface area (Å²) < 4.78 is 50.7. The largest absolute Gasteiger partial charge is 0.393 e. The van der Waals surface area contributed by atoms with Crippen LogP contribution in [0.25, 0.3) is 5.57 Å². The molecule has 0 bridgehead atoms. The van der Waals surface area contributed by atoms with Crippen LogP contribution in [0.5, 0.6) is 0 Å². The van der Waals surface area contributed by atoms with E-state index in [1.165, 1.54) is 42.7 Å². The van der Waals surface area contributed by atoms with Gasteiger partial charge in [0, 0.05) is 11.8 Å². The molecule has 1 heterocycles. The van der Waals surface area contributed by atoms with Gasteiger partial charge in [0.25, 0.3) is 5.91 Å². The summed E-state index contributed by atoms with van der Waals surface area (Å²) in [6.07, 6.45) is 0.381. The molecule has 1 aromatic carbocycles. The smallest absolute Gasteiger partial charge is 0.257 e. The fraction of sp³-hybridized carbons (Fsp3) is 0.381. The molecule has 0 spiro atoms. The molecule has 1 unspecified atom stereocenters. The topological polar surface area (TPSA) is 129 Å². The van der Waals surface area contributed by atoms with E-state index in [0.29, 0.717) is 5.56 Å². The van der Waals surface area contributed by atoms with Crippen LogP contribution < -0.4 is 5.32 Å². The van der Waals surface area contributed by atoms with Crippen molar-refractivity contribution in [3.8, 4) is 0 Å². The zero-order valence-electron chi connectivity index (χ0n) is 17.1. The molecule has 1 saturated carbocycles. The Bertz CT molecular complexity index is 1080. The average molecular weight is 467 g/mol. The molecule has 1 fully saturated rings. The maximum Gasteiger partial charge on any atom is 0.257 e. The highest BCUT2D eigenvalue weighted by molar-refractivity contribution is 7.90. The summed E-state index contributed by atoms with van der Waals surface area (Å²) in [5, 5.41) is 21.1. The minimum absolute atomic E-state index is 0.0562. The molecule has 8 nitrogen and oxygen atoms in total. The summed E-state index contributed by atoms with van der Waals surface area (Å²) >= 11 is 0. The number of sulfone groups is 1. The molecule has 1 aromatic heterocycles.